The summed E-state index contributed by atoms with van der Waals surface area (Å²) in [5, 5.41) is 6.28. The lowest BCUT2D eigenvalue weighted by Gasteiger charge is -2.29. The fraction of sp³-hybridized carbons (Fsp3) is 0.700. The molecule has 0 fully saturated rings. The largest absolute Gasteiger partial charge is 0.332 e. The van der Waals surface area contributed by atoms with Crippen LogP contribution in [0.3, 0.4) is 0 Å². The van der Waals surface area contributed by atoms with E-state index in [-0.39, 0.29) is 11.9 Å². The van der Waals surface area contributed by atoms with Gasteiger partial charge in [-0.3, -0.25) is 9.89 Å². The third-order valence-corrected chi connectivity index (χ3v) is 2.38. The molecule has 1 atom stereocenters. The van der Waals surface area contributed by atoms with Crippen LogP contribution in [0.5, 0.6) is 0 Å². The fourth-order valence-electron chi connectivity index (χ4n) is 1.73. The summed E-state index contributed by atoms with van der Waals surface area (Å²) < 4.78 is 0. The molecule has 1 rings (SSSR count). The normalized spacial score (nSPS) is 12.8. The summed E-state index contributed by atoms with van der Waals surface area (Å²) in [6.45, 7) is 5.47. The van der Waals surface area contributed by atoms with E-state index in [0.717, 1.165) is 6.54 Å². The van der Waals surface area contributed by atoms with E-state index >= 15 is 0 Å². The zero-order valence-electron chi connectivity index (χ0n) is 10.3. The van der Waals surface area contributed by atoms with E-state index in [0.29, 0.717) is 12.4 Å². The number of aromatic nitrogens is 3. The number of H-pyrrole nitrogens is 1. The maximum Gasteiger partial charge on any atom is 0.291 e. The Morgan fingerprint density at radius 2 is 2.25 bits per heavy atom. The first-order valence-electron chi connectivity index (χ1n) is 5.37. The van der Waals surface area contributed by atoms with E-state index in [1.165, 1.54) is 6.33 Å². The summed E-state index contributed by atoms with van der Waals surface area (Å²) in [5.41, 5.74) is 0. The Hall–Kier alpha value is -1.43. The molecule has 1 aromatic rings. The van der Waals surface area contributed by atoms with Gasteiger partial charge in [0.25, 0.3) is 5.91 Å². The summed E-state index contributed by atoms with van der Waals surface area (Å²) in [4.78, 5) is 19.7. The Labute approximate surface area is 95.6 Å². The molecule has 16 heavy (non-hydrogen) atoms. The van der Waals surface area contributed by atoms with E-state index in [9.17, 15) is 4.79 Å². The van der Waals surface area contributed by atoms with Gasteiger partial charge in [-0.05, 0) is 27.9 Å². The highest BCUT2D eigenvalue weighted by atomic mass is 16.2. The van der Waals surface area contributed by atoms with Crippen molar-refractivity contribution in [1.82, 2.24) is 25.0 Å². The maximum absolute atomic E-state index is 12.0. The Bertz CT molecular complexity index is 322. The third-order valence-electron chi connectivity index (χ3n) is 2.38. The van der Waals surface area contributed by atoms with Gasteiger partial charge in [-0.2, -0.15) is 5.10 Å². The number of carbonyl (C=O) groups excluding carboxylic acids is 1. The van der Waals surface area contributed by atoms with Crippen molar-refractivity contribution < 1.29 is 4.79 Å². The zero-order valence-corrected chi connectivity index (χ0v) is 10.3. The van der Waals surface area contributed by atoms with Crippen molar-refractivity contribution in [1.29, 1.82) is 0 Å². The van der Waals surface area contributed by atoms with Crippen molar-refractivity contribution in [2.75, 3.05) is 27.2 Å². The van der Waals surface area contributed by atoms with E-state index in [4.69, 9.17) is 0 Å². The number of amides is 1. The average molecular weight is 225 g/mol. The van der Waals surface area contributed by atoms with Crippen LogP contribution in [0.15, 0.2) is 6.33 Å². The van der Waals surface area contributed by atoms with Crippen molar-refractivity contribution in [3.8, 4) is 0 Å². The van der Waals surface area contributed by atoms with Gasteiger partial charge in [-0.25, -0.2) is 4.98 Å². The highest BCUT2D eigenvalue weighted by molar-refractivity contribution is 5.90. The maximum atomic E-state index is 12.0. The van der Waals surface area contributed by atoms with Gasteiger partial charge in [0.15, 0.2) is 0 Å². The van der Waals surface area contributed by atoms with Gasteiger partial charge in [0.2, 0.25) is 5.82 Å². The van der Waals surface area contributed by atoms with Gasteiger partial charge in [0.1, 0.15) is 6.33 Å². The Kier molecular flexibility index (Phi) is 4.42. The molecule has 1 heterocycles. The van der Waals surface area contributed by atoms with E-state index in [2.05, 4.69) is 20.1 Å². The minimum absolute atomic E-state index is 0.102. The molecule has 0 bridgehead atoms. The van der Waals surface area contributed by atoms with Crippen LogP contribution >= 0.6 is 0 Å². The first-order valence-corrected chi connectivity index (χ1v) is 5.37. The average Bonchev–Trinajstić information content (AvgIpc) is 2.69. The van der Waals surface area contributed by atoms with Crippen LogP contribution in [0, 0.1) is 0 Å². The molecule has 0 saturated heterocycles. The first kappa shape index (κ1) is 12.6. The predicted octanol–water partition coefficient (Wildman–Crippen LogP) is 0.217. The third kappa shape index (κ3) is 3.03. The van der Waals surface area contributed by atoms with Crippen LogP contribution in [0.25, 0.3) is 0 Å². The molecule has 6 heteroatoms. The lowest BCUT2D eigenvalue weighted by atomic mass is 10.2. The van der Waals surface area contributed by atoms with Crippen LogP contribution < -0.4 is 0 Å². The molecular weight excluding hydrogens is 206 g/mol. The number of hydrogen-bond donors (Lipinski definition) is 1. The summed E-state index contributed by atoms with van der Waals surface area (Å²) in [7, 11) is 3.98. The highest BCUT2D eigenvalue weighted by Crippen LogP contribution is 2.04. The van der Waals surface area contributed by atoms with Crippen molar-refractivity contribution >= 4 is 5.91 Å². The number of carbonyl (C=O) groups is 1. The quantitative estimate of drug-likeness (QED) is 0.778. The molecular formula is C10H19N5O. The number of aromatic amines is 1. The summed E-state index contributed by atoms with van der Waals surface area (Å²) in [6, 6.07) is 0.151. The molecule has 0 saturated carbocycles. The summed E-state index contributed by atoms with van der Waals surface area (Å²) >= 11 is 0. The molecule has 0 aliphatic heterocycles. The standard InChI is InChI=1S/C10H19N5O/c1-5-15(8(2)6-14(3)4)10(16)9-11-7-12-13-9/h7-8H,5-6H2,1-4H3,(H,11,12,13). The molecule has 6 nitrogen and oxygen atoms in total. The van der Waals surface area contributed by atoms with Gasteiger partial charge in [-0.15, -0.1) is 0 Å². The molecule has 0 aliphatic rings. The number of rotatable bonds is 5. The lowest BCUT2D eigenvalue weighted by molar-refractivity contribution is 0.0667. The number of nitrogens with zero attached hydrogens (tertiary/aromatic N) is 4. The molecule has 0 spiro atoms. The van der Waals surface area contributed by atoms with Crippen LogP contribution in [0.1, 0.15) is 24.5 Å². The minimum Gasteiger partial charge on any atom is -0.332 e. The fourth-order valence-corrected chi connectivity index (χ4v) is 1.73. The molecule has 1 N–H and O–H groups in total. The van der Waals surface area contributed by atoms with E-state index in [1.807, 2.05) is 27.9 Å². The molecule has 0 radical (unpaired) electrons. The number of likely N-dealkylation sites (N-methyl/N-ethyl adjacent to an activating group) is 2. The van der Waals surface area contributed by atoms with Crippen LogP contribution in [0.4, 0.5) is 0 Å². The predicted molar refractivity (Wildman–Crippen MR) is 61.1 cm³/mol. The minimum atomic E-state index is -0.102. The topological polar surface area (TPSA) is 65.1 Å². The Balaban J connectivity index is 2.70. The molecule has 0 aromatic carbocycles. The van der Waals surface area contributed by atoms with Gasteiger partial charge < -0.3 is 9.80 Å². The van der Waals surface area contributed by atoms with E-state index in [1.54, 1.807) is 4.90 Å². The van der Waals surface area contributed by atoms with Crippen molar-refractivity contribution in [2.45, 2.75) is 19.9 Å². The van der Waals surface area contributed by atoms with Crippen molar-refractivity contribution in [2.24, 2.45) is 0 Å². The summed E-state index contributed by atoms with van der Waals surface area (Å²) in [6.07, 6.45) is 1.34. The zero-order chi connectivity index (χ0) is 12.1. The van der Waals surface area contributed by atoms with Gasteiger partial charge in [0.05, 0.1) is 0 Å². The van der Waals surface area contributed by atoms with Gasteiger partial charge in [0, 0.05) is 19.1 Å². The van der Waals surface area contributed by atoms with Gasteiger partial charge in [-0.1, -0.05) is 0 Å². The van der Waals surface area contributed by atoms with Crippen LogP contribution in [-0.4, -0.2) is 64.1 Å². The highest BCUT2D eigenvalue weighted by Gasteiger charge is 2.22. The summed E-state index contributed by atoms with van der Waals surface area (Å²) in [5.74, 6) is 0.196. The second-order valence-electron chi connectivity index (χ2n) is 4.04. The van der Waals surface area contributed by atoms with E-state index < -0.39 is 0 Å². The smallest absolute Gasteiger partial charge is 0.291 e. The molecule has 1 amide bonds. The number of nitrogens with one attached hydrogen (secondary N) is 1. The monoisotopic (exact) mass is 225 g/mol. The van der Waals surface area contributed by atoms with Crippen molar-refractivity contribution in [3.63, 3.8) is 0 Å². The second kappa shape index (κ2) is 5.60. The molecule has 0 aliphatic carbocycles. The first-order chi connectivity index (χ1) is 7.56. The SMILES string of the molecule is CCN(C(=O)c1ncn[nH]1)C(C)CN(C)C. The van der Waals surface area contributed by atoms with Crippen LogP contribution in [0.2, 0.25) is 0 Å². The lowest BCUT2D eigenvalue weighted by Crippen LogP contribution is -2.44. The van der Waals surface area contributed by atoms with Gasteiger partial charge >= 0.3 is 0 Å². The number of hydrogen-bond acceptors (Lipinski definition) is 4. The molecule has 1 unspecified atom stereocenters. The molecule has 1 aromatic heterocycles. The van der Waals surface area contributed by atoms with Crippen molar-refractivity contribution in [3.05, 3.63) is 12.2 Å². The second-order valence-corrected chi connectivity index (χ2v) is 4.04. The molecule has 90 valence electrons. The Morgan fingerprint density at radius 3 is 2.69 bits per heavy atom. The Morgan fingerprint density at radius 1 is 1.56 bits per heavy atom. The van der Waals surface area contributed by atoms with Crippen LogP contribution in [-0.2, 0) is 0 Å².